The minimum absolute atomic E-state index is 0.0875. The number of anilines is 1. The summed E-state index contributed by atoms with van der Waals surface area (Å²) >= 11 is 0. The lowest BCUT2D eigenvalue weighted by Gasteiger charge is -2.06. The molecule has 0 atom stereocenters. The van der Waals surface area contributed by atoms with Crippen molar-refractivity contribution in [2.24, 2.45) is 0 Å². The first-order valence-corrected chi connectivity index (χ1v) is 5.91. The van der Waals surface area contributed by atoms with E-state index in [2.05, 4.69) is 10.6 Å². The lowest BCUT2D eigenvalue weighted by molar-refractivity contribution is -0.120. The van der Waals surface area contributed by atoms with Crippen molar-refractivity contribution in [3.05, 3.63) is 29.8 Å². The van der Waals surface area contributed by atoms with Gasteiger partial charge in [-0.05, 0) is 30.7 Å². The van der Waals surface area contributed by atoms with Crippen LogP contribution in [-0.4, -0.2) is 24.9 Å². The quantitative estimate of drug-likeness (QED) is 0.508. The van der Waals surface area contributed by atoms with E-state index in [1.54, 1.807) is 24.3 Å². The van der Waals surface area contributed by atoms with E-state index in [1.807, 2.05) is 6.07 Å². The zero-order valence-corrected chi connectivity index (χ0v) is 10.5. The minimum atomic E-state index is -0.327. The van der Waals surface area contributed by atoms with Gasteiger partial charge in [0.15, 0.2) is 0 Å². The molecule has 2 amide bonds. The SMILES string of the molecule is N#CCCCNC(=O)CNC(=O)c1ccc(N)cc1. The number of unbranched alkanes of at least 4 members (excludes halogenated alkanes) is 1. The average molecular weight is 260 g/mol. The summed E-state index contributed by atoms with van der Waals surface area (Å²) in [5, 5.41) is 13.4. The number of amides is 2. The molecule has 1 rings (SSSR count). The average Bonchev–Trinajstić information content (AvgIpc) is 2.42. The molecule has 0 fully saturated rings. The van der Waals surface area contributed by atoms with Crippen LogP contribution in [-0.2, 0) is 4.79 Å². The predicted molar refractivity (Wildman–Crippen MR) is 71.0 cm³/mol. The smallest absolute Gasteiger partial charge is 0.251 e. The Labute approximate surface area is 111 Å². The maximum Gasteiger partial charge on any atom is 0.251 e. The van der Waals surface area contributed by atoms with E-state index in [4.69, 9.17) is 11.0 Å². The van der Waals surface area contributed by atoms with Gasteiger partial charge in [-0.3, -0.25) is 9.59 Å². The van der Waals surface area contributed by atoms with Gasteiger partial charge in [0.05, 0.1) is 12.6 Å². The first-order valence-electron chi connectivity index (χ1n) is 5.91. The van der Waals surface area contributed by atoms with Crippen LogP contribution in [0, 0.1) is 11.3 Å². The lowest BCUT2D eigenvalue weighted by atomic mass is 10.2. The summed E-state index contributed by atoms with van der Waals surface area (Å²) in [6.07, 6.45) is 1.01. The number of hydrogen-bond acceptors (Lipinski definition) is 4. The lowest BCUT2D eigenvalue weighted by Crippen LogP contribution is -2.37. The van der Waals surface area contributed by atoms with Crippen LogP contribution in [0.25, 0.3) is 0 Å². The van der Waals surface area contributed by atoms with Crippen LogP contribution in [0.2, 0.25) is 0 Å². The third-order valence-corrected chi connectivity index (χ3v) is 2.37. The van der Waals surface area contributed by atoms with Crippen molar-refractivity contribution in [2.75, 3.05) is 18.8 Å². The molecule has 1 aromatic rings. The summed E-state index contributed by atoms with van der Waals surface area (Å²) in [5.74, 6) is -0.603. The number of hydrogen-bond donors (Lipinski definition) is 3. The number of rotatable bonds is 6. The van der Waals surface area contributed by atoms with Gasteiger partial charge in [0.25, 0.3) is 5.91 Å². The maximum atomic E-state index is 11.7. The molecule has 0 unspecified atom stereocenters. The molecule has 0 aromatic heterocycles. The summed E-state index contributed by atoms with van der Waals surface area (Å²) < 4.78 is 0. The maximum absolute atomic E-state index is 11.7. The fourth-order valence-corrected chi connectivity index (χ4v) is 1.35. The van der Waals surface area contributed by atoms with Crippen LogP contribution in [0.5, 0.6) is 0 Å². The Hall–Kier alpha value is -2.55. The summed E-state index contributed by atoms with van der Waals surface area (Å²) in [7, 11) is 0. The highest BCUT2D eigenvalue weighted by atomic mass is 16.2. The van der Waals surface area contributed by atoms with Crippen LogP contribution in [0.4, 0.5) is 5.69 Å². The molecule has 0 bridgehead atoms. The summed E-state index contributed by atoms with van der Waals surface area (Å²) in [6.45, 7) is 0.347. The standard InChI is InChI=1S/C13H16N4O2/c14-7-1-2-8-16-12(18)9-17-13(19)10-3-5-11(15)6-4-10/h3-6H,1-2,8-9,15H2,(H,16,18)(H,17,19). The van der Waals surface area contributed by atoms with Gasteiger partial charge in [-0.2, -0.15) is 5.26 Å². The van der Waals surface area contributed by atoms with Crippen molar-refractivity contribution < 1.29 is 9.59 Å². The van der Waals surface area contributed by atoms with Gasteiger partial charge >= 0.3 is 0 Å². The predicted octanol–water partition coefficient (Wildman–Crippen LogP) is 0.419. The highest BCUT2D eigenvalue weighted by Crippen LogP contribution is 2.04. The first-order chi connectivity index (χ1) is 9.13. The van der Waals surface area contributed by atoms with Gasteiger partial charge in [-0.15, -0.1) is 0 Å². The number of nitrogens with one attached hydrogen (secondary N) is 2. The molecule has 1 aromatic carbocycles. The van der Waals surface area contributed by atoms with Gasteiger partial charge in [-0.25, -0.2) is 0 Å². The molecule has 0 aliphatic heterocycles. The van der Waals surface area contributed by atoms with Gasteiger partial charge in [0.2, 0.25) is 5.91 Å². The number of nitrogens with zero attached hydrogens (tertiary/aromatic N) is 1. The molecule has 6 heteroatoms. The topological polar surface area (TPSA) is 108 Å². The molecule has 0 heterocycles. The number of benzene rings is 1. The molecule has 0 aliphatic carbocycles. The molecule has 4 N–H and O–H groups in total. The van der Waals surface area contributed by atoms with Crippen LogP contribution in [0.15, 0.2) is 24.3 Å². The Bertz CT molecular complexity index is 476. The fourth-order valence-electron chi connectivity index (χ4n) is 1.35. The molecule has 0 spiro atoms. The molecule has 0 aliphatic rings. The zero-order chi connectivity index (χ0) is 14.1. The molecule has 0 radical (unpaired) electrons. The molecule has 6 nitrogen and oxygen atoms in total. The third-order valence-electron chi connectivity index (χ3n) is 2.37. The van der Waals surface area contributed by atoms with Gasteiger partial charge < -0.3 is 16.4 Å². The number of carbonyl (C=O) groups excluding carboxylic acids is 2. The monoisotopic (exact) mass is 260 g/mol. The summed E-state index contributed by atoms with van der Waals surface area (Å²) in [4.78, 5) is 23.0. The van der Waals surface area contributed by atoms with Crippen molar-refractivity contribution in [1.82, 2.24) is 10.6 Å². The second-order valence-electron chi connectivity index (χ2n) is 3.92. The van der Waals surface area contributed by atoms with E-state index in [0.29, 0.717) is 30.6 Å². The van der Waals surface area contributed by atoms with E-state index in [9.17, 15) is 9.59 Å². The third kappa shape index (κ3) is 5.55. The Kier molecular flexibility index (Phi) is 5.89. The van der Waals surface area contributed by atoms with Crippen molar-refractivity contribution in [2.45, 2.75) is 12.8 Å². The van der Waals surface area contributed by atoms with Crippen LogP contribution in [0.1, 0.15) is 23.2 Å². The van der Waals surface area contributed by atoms with Crippen molar-refractivity contribution >= 4 is 17.5 Å². The molecule has 0 saturated carbocycles. The van der Waals surface area contributed by atoms with Gasteiger partial charge in [-0.1, -0.05) is 0 Å². The Morgan fingerprint density at radius 3 is 2.53 bits per heavy atom. The number of nitrogen functional groups attached to an aromatic ring is 1. The number of nitriles is 1. The van der Waals surface area contributed by atoms with Crippen LogP contribution < -0.4 is 16.4 Å². The fraction of sp³-hybridized carbons (Fsp3) is 0.308. The van der Waals surface area contributed by atoms with Gasteiger partial charge in [0, 0.05) is 24.2 Å². The highest BCUT2D eigenvalue weighted by molar-refractivity contribution is 5.96. The molecule has 19 heavy (non-hydrogen) atoms. The van der Waals surface area contributed by atoms with E-state index in [0.717, 1.165) is 0 Å². The first kappa shape index (κ1) is 14.5. The molecular weight excluding hydrogens is 244 g/mol. The van der Waals surface area contributed by atoms with E-state index < -0.39 is 0 Å². The van der Waals surface area contributed by atoms with E-state index >= 15 is 0 Å². The molecule has 0 saturated heterocycles. The largest absolute Gasteiger partial charge is 0.399 e. The van der Waals surface area contributed by atoms with Crippen LogP contribution in [0.3, 0.4) is 0 Å². The second kappa shape index (κ2) is 7.71. The van der Waals surface area contributed by atoms with Gasteiger partial charge in [0.1, 0.15) is 0 Å². The molecular formula is C13H16N4O2. The van der Waals surface area contributed by atoms with Crippen molar-refractivity contribution in [3.63, 3.8) is 0 Å². The van der Waals surface area contributed by atoms with E-state index in [-0.39, 0.29) is 18.4 Å². The molecule has 100 valence electrons. The zero-order valence-electron chi connectivity index (χ0n) is 10.5. The number of carbonyl (C=O) groups is 2. The van der Waals surface area contributed by atoms with Crippen LogP contribution >= 0.6 is 0 Å². The summed E-state index contributed by atoms with van der Waals surface area (Å²) in [5.41, 5.74) is 6.54. The van der Waals surface area contributed by atoms with E-state index in [1.165, 1.54) is 0 Å². The Morgan fingerprint density at radius 2 is 1.89 bits per heavy atom. The number of nitrogens with two attached hydrogens (primary N) is 1. The Balaban J connectivity index is 2.28. The van der Waals surface area contributed by atoms with Crippen molar-refractivity contribution in [1.29, 1.82) is 5.26 Å². The Morgan fingerprint density at radius 1 is 1.21 bits per heavy atom. The minimum Gasteiger partial charge on any atom is -0.399 e. The summed E-state index contributed by atoms with van der Waals surface area (Å²) in [6, 6.07) is 8.42. The normalized spacial score (nSPS) is 9.42. The second-order valence-corrected chi connectivity index (χ2v) is 3.92. The van der Waals surface area contributed by atoms with Crippen molar-refractivity contribution in [3.8, 4) is 6.07 Å². The highest BCUT2D eigenvalue weighted by Gasteiger charge is 2.07.